The molecule has 108 valence electrons. The van der Waals surface area contributed by atoms with Gasteiger partial charge in [0, 0.05) is 6.54 Å². The molecule has 1 N–H and O–H groups in total. The fourth-order valence-corrected chi connectivity index (χ4v) is 2.07. The molecule has 0 aliphatic carbocycles. The number of hydrogen-bond donors (Lipinski definition) is 1. The Labute approximate surface area is 123 Å². The van der Waals surface area contributed by atoms with Crippen molar-refractivity contribution in [2.75, 3.05) is 12.8 Å². The highest BCUT2D eigenvalue weighted by Gasteiger charge is 2.13. The highest BCUT2D eigenvalue weighted by molar-refractivity contribution is 7.85. The van der Waals surface area contributed by atoms with Crippen LogP contribution in [0.1, 0.15) is 18.9 Å². The van der Waals surface area contributed by atoms with Crippen LogP contribution in [0.15, 0.2) is 18.2 Å². The first-order valence-corrected chi connectivity index (χ1v) is 8.23. The van der Waals surface area contributed by atoms with Gasteiger partial charge < -0.3 is 0 Å². The van der Waals surface area contributed by atoms with Gasteiger partial charge in [-0.2, -0.15) is 12.7 Å². The van der Waals surface area contributed by atoms with Crippen molar-refractivity contribution in [3.05, 3.63) is 33.8 Å². The van der Waals surface area contributed by atoms with Crippen LogP contribution >= 0.6 is 23.2 Å². The Morgan fingerprint density at radius 3 is 2.53 bits per heavy atom. The Morgan fingerprint density at radius 2 is 2.00 bits per heavy atom. The Balaban J connectivity index is 2.77. The van der Waals surface area contributed by atoms with Crippen molar-refractivity contribution in [1.29, 1.82) is 0 Å². The summed E-state index contributed by atoms with van der Waals surface area (Å²) < 4.78 is 27.2. The van der Waals surface area contributed by atoms with Crippen molar-refractivity contribution < 1.29 is 12.7 Å². The minimum atomic E-state index is -3.59. The van der Waals surface area contributed by atoms with Crippen LogP contribution in [0.3, 0.4) is 0 Å². The van der Waals surface area contributed by atoms with Crippen LogP contribution in [-0.4, -0.2) is 26.4 Å². The molecule has 0 fully saturated rings. The Bertz CT molecular complexity index is 523. The summed E-state index contributed by atoms with van der Waals surface area (Å²) in [7, 11) is -3.59. The number of hydroxylamine groups is 1. The Morgan fingerprint density at radius 1 is 1.32 bits per heavy atom. The molecule has 0 radical (unpaired) electrons. The highest BCUT2D eigenvalue weighted by Crippen LogP contribution is 2.23. The van der Waals surface area contributed by atoms with Crippen LogP contribution in [0, 0.1) is 0 Å². The summed E-state index contributed by atoms with van der Waals surface area (Å²) in [6.07, 6.45) is 1.83. The standard InChI is InChI=1S/C11H16Cl2N2O3S/c1-3-6-14-15(18-19(2,16)17)8-9-4-5-10(12)11(13)7-9/h4-5,7,14H,3,6,8H2,1-2H3. The van der Waals surface area contributed by atoms with E-state index in [0.29, 0.717) is 16.6 Å². The maximum atomic E-state index is 11.2. The minimum absolute atomic E-state index is 0.226. The van der Waals surface area contributed by atoms with Crippen molar-refractivity contribution in [1.82, 2.24) is 10.6 Å². The van der Waals surface area contributed by atoms with Gasteiger partial charge in [-0.15, -0.1) is 5.17 Å². The third kappa shape index (κ3) is 6.56. The van der Waals surface area contributed by atoms with Crippen LogP contribution in [0.25, 0.3) is 0 Å². The lowest BCUT2D eigenvalue weighted by Gasteiger charge is -2.20. The number of benzene rings is 1. The maximum absolute atomic E-state index is 11.2. The van der Waals surface area contributed by atoms with Crippen LogP contribution in [-0.2, 0) is 20.9 Å². The van der Waals surface area contributed by atoms with E-state index in [9.17, 15) is 8.42 Å². The van der Waals surface area contributed by atoms with Crippen LogP contribution in [0.2, 0.25) is 10.0 Å². The van der Waals surface area contributed by atoms with Crippen molar-refractivity contribution >= 4 is 33.3 Å². The van der Waals surface area contributed by atoms with E-state index in [1.165, 1.54) is 5.17 Å². The van der Waals surface area contributed by atoms with Crippen molar-refractivity contribution in [3.8, 4) is 0 Å². The molecule has 1 aromatic rings. The first-order valence-electron chi connectivity index (χ1n) is 5.66. The van der Waals surface area contributed by atoms with E-state index in [1.54, 1.807) is 18.2 Å². The third-order valence-corrected chi connectivity index (χ3v) is 3.26. The van der Waals surface area contributed by atoms with Gasteiger partial charge in [-0.05, 0) is 24.1 Å². The van der Waals surface area contributed by atoms with E-state index in [0.717, 1.165) is 18.2 Å². The van der Waals surface area contributed by atoms with Gasteiger partial charge in [0.2, 0.25) is 0 Å². The molecule has 0 heterocycles. The molecule has 0 aliphatic heterocycles. The molecule has 0 bridgehead atoms. The molecule has 5 nitrogen and oxygen atoms in total. The number of nitrogens with one attached hydrogen (secondary N) is 1. The monoisotopic (exact) mass is 326 g/mol. The van der Waals surface area contributed by atoms with Crippen LogP contribution in [0.5, 0.6) is 0 Å². The number of hydrogen-bond acceptors (Lipinski definition) is 5. The summed E-state index contributed by atoms with van der Waals surface area (Å²) in [5, 5.41) is 2.02. The molecule has 0 spiro atoms. The molecular weight excluding hydrogens is 311 g/mol. The fraction of sp³-hybridized carbons (Fsp3) is 0.455. The van der Waals surface area contributed by atoms with E-state index in [-0.39, 0.29) is 6.54 Å². The molecule has 1 aromatic carbocycles. The molecule has 0 saturated carbocycles. The zero-order valence-electron chi connectivity index (χ0n) is 10.7. The molecule has 1 rings (SSSR count). The molecule has 0 unspecified atom stereocenters. The minimum Gasteiger partial charge on any atom is -0.230 e. The topological polar surface area (TPSA) is 58.6 Å². The molecule has 19 heavy (non-hydrogen) atoms. The zero-order valence-corrected chi connectivity index (χ0v) is 13.0. The van der Waals surface area contributed by atoms with Crippen molar-refractivity contribution in [3.63, 3.8) is 0 Å². The SMILES string of the molecule is CCCNN(Cc1ccc(Cl)c(Cl)c1)OS(C)(=O)=O. The summed E-state index contributed by atoms with van der Waals surface area (Å²) >= 11 is 11.7. The first kappa shape index (κ1) is 16.7. The molecular formula is C11H16Cl2N2O3S. The molecule has 0 aliphatic rings. The molecule has 0 atom stereocenters. The second-order valence-electron chi connectivity index (χ2n) is 3.97. The quantitative estimate of drug-likeness (QED) is 0.780. The van der Waals surface area contributed by atoms with Gasteiger partial charge in [0.1, 0.15) is 0 Å². The number of rotatable bonds is 7. The molecule has 0 saturated heterocycles. The summed E-state index contributed by atoms with van der Waals surface area (Å²) in [4.78, 5) is 0. The van der Waals surface area contributed by atoms with Gasteiger partial charge in [0.25, 0.3) is 10.1 Å². The number of halogens is 2. The van der Waals surface area contributed by atoms with Crippen molar-refractivity contribution in [2.24, 2.45) is 0 Å². The summed E-state index contributed by atoms with van der Waals surface area (Å²) in [5.41, 5.74) is 3.64. The van der Waals surface area contributed by atoms with Crippen molar-refractivity contribution in [2.45, 2.75) is 19.9 Å². The van der Waals surface area contributed by atoms with Crippen LogP contribution in [0.4, 0.5) is 0 Å². The van der Waals surface area contributed by atoms with E-state index < -0.39 is 10.1 Å². The largest absolute Gasteiger partial charge is 0.281 e. The predicted octanol–water partition coefficient (Wildman–Crippen LogP) is 2.60. The van der Waals surface area contributed by atoms with Gasteiger partial charge >= 0.3 is 0 Å². The summed E-state index contributed by atoms with van der Waals surface area (Å²) in [5.74, 6) is 0. The Kier molecular flexibility index (Phi) is 6.52. The van der Waals surface area contributed by atoms with Gasteiger partial charge in [0.05, 0.1) is 22.8 Å². The van der Waals surface area contributed by atoms with Gasteiger partial charge in [-0.1, -0.05) is 36.2 Å². The predicted molar refractivity (Wildman–Crippen MR) is 76.2 cm³/mol. The molecule has 0 amide bonds. The van der Waals surface area contributed by atoms with Gasteiger partial charge in [0.15, 0.2) is 0 Å². The van der Waals surface area contributed by atoms with Gasteiger partial charge in [-0.25, -0.2) is 5.43 Å². The zero-order chi connectivity index (χ0) is 14.5. The average Bonchev–Trinajstić information content (AvgIpc) is 2.29. The lowest BCUT2D eigenvalue weighted by atomic mass is 10.2. The normalized spacial score (nSPS) is 12.1. The molecule has 8 heteroatoms. The Hall–Kier alpha value is -0.370. The van der Waals surface area contributed by atoms with E-state index >= 15 is 0 Å². The second kappa shape index (κ2) is 7.42. The third-order valence-electron chi connectivity index (χ3n) is 2.07. The summed E-state index contributed by atoms with van der Waals surface area (Å²) in [6, 6.07) is 5.06. The first-order chi connectivity index (χ1) is 8.81. The lowest BCUT2D eigenvalue weighted by molar-refractivity contribution is -0.107. The fourth-order valence-electron chi connectivity index (χ4n) is 1.31. The van der Waals surface area contributed by atoms with Crippen LogP contribution < -0.4 is 5.43 Å². The highest BCUT2D eigenvalue weighted by atomic mass is 35.5. The van der Waals surface area contributed by atoms with Gasteiger partial charge in [-0.3, -0.25) is 0 Å². The van der Waals surface area contributed by atoms with E-state index in [4.69, 9.17) is 27.5 Å². The molecule has 0 aromatic heterocycles. The smallest absolute Gasteiger partial charge is 0.230 e. The van der Waals surface area contributed by atoms with E-state index in [2.05, 4.69) is 5.43 Å². The second-order valence-corrected chi connectivity index (χ2v) is 6.34. The summed E-state index contributed by atoms with van der Waals surface area (Å²) in [6.45, 7) is 2.78. The van der Waals surface area contributed by atoms with E-state index in [1.807, 2.05) is 6.92 Å². The average molecular weight is 327 g/mol. The maximum Gasteiger partial charge on any atom is 0.281 e. The number of nitrogens with zero attached hydrogens (tertiary/aromatic N) is 1. The number of hydrazine groups is 1. The lowest BCUT2D eigenvalue weighted by Crippen LogP contribution is -2.39.